The molecule has 0 spiro atoms. The van der Waals surface area contributed by atoms with Crippen molar-refractivity contribution < 1.29 is 12.6 Å². The lowest BCUT2D eigenvalue weighted by atomic mass is 9.85. The molecule has 0 saturated carbocycles. The van der Waals surface area contributed by atoms with Gasteiger partial charge in [-0.3, -0.25) is 0 Å². The lowest BCUT2D eigenvalue weighted by Gasteiger charge is -2.18. The Morgan fingerprint density at radius 3 is 1.73 bits per heavy atom. The standard InChI is InChI=1S/C24H20N2O3S/c1-30(27,28)29-17-12-10-16(11-13-17)24(20-14-25-22-8-4-2-6-18(20)22)21-15-26-23-9-5-3-7-19(21)23/h2-15,24-26H,1H3. The minimum atomic E-state index is -3.56. The van der Waals surface area contributed by atoms with Crippen LogP contribution in [0.2, 0.25) is 0 Å². The maximum Gasteiger partial charge on any atom is 0.306 e. The molecule has 6 heteroatoms. The smallest absolute Gasteiger partial charge is 0.306 e. The van der Waals surface area contributed by atoms with E-state index in [0.29, 0.717) is 5.75 Å². The van der Waals surface area contributed by atoms with Crippen molar-refractivity contribution in [1.29, 1.82) is 0 Å². The molecule has 0 aliphatic carbocycles. The van der Waals surface area contributed by atoms with Crippen molar-refractivity contribution in [2.45, 2.75) is 5.92 Å². The molecule has 0 amide bonds. The van der Waals surface area contributed by atoms with Gasteiger partial charge in [0.25, 0.3) is 0 Å². The van der Waals surface area contributed by atoms with E-state index in [0.717, 1.165) is 44.8 Å². The molecule has 2 N–H and O–H groups in total. The Morgan fingerprint density at radius 1 is 0.733 bits per heavy atom. The van der Waals surface area contributed by atoms with Gasteiger partial charge in [0.15, 0.2) is 0 Å². The van der Waals surface area contributed by atoms with E-state index in [4.69, 9.17) is 4.18 Å². The zero-order valence-corrected chi connectivity index (χ0v) is 17.1. The number of H-pyrrole nitrogens is 2. The molecule has 150 valence electrons. The molecule has 5 rings (SSSR count). The van der Waals surface area contributed by atoms with E-state index in [2.05, 4.69) is 46.6 Å². The highest BCUT2D eigenvalue weighted by Crippen LogP contribution is 2.39. The van der Waals surface area contributed by atoms with Gasteiger partial charge < -0.3 is 14.2 Å². The molecule has 3 aromatic carbocycles. The SMILES string of the molecule is CS(=O)(=O)Oc1ccc(C(c2c[nH]c3ccccc23)c2c[nH]c3ccccc23)cc1. The number of para-hydroxylation sites is 2. The van der Waals surface area contributed by atoms with Crippen LogP contribution in [0.4, 0.5) is 0 Å². The predicted molar refractivity (Wildman–Crippen MR) is 119 cm³/mol. The Kier molecular flexibility index (Phi) is 4.37. The van der Waals surface area contributed by atoms with Crippen molar-refractivity contribution in [3.8, 4) is 5.75 Å². The summed E-state index contributed by atoms with van der Waals surface area (Å²) in [5, 5.41) is 2.31. The van der Waals surface area contributed by atoms with Crippen LogP contribution in [0.25, 0.3) is 21.8 Å². The quantitative estimate of drug-likeness (QED) is 0.388. The van der Waals surface area contributed by atoms with Crippen LogP contribution >= 0.6 is 0 Å². The van der Waals surface area contributed by atoms with Crippen LogP contribution in [-0.2, 0) is 10.1 Å². The van der Waals surface area contributed by atoms with Gasteiger partial charge in [-0.25, -0.2) is 0 Å². The van der Waals surface area contributed by atoms with Crippen LogP contribution in [0.1, 0.15) is 22.6 Å². The van der Waals surface area contributed by atoms with E-state index in [1.165, 1.54) is 0 Å². The van der Waals surface area contributed by atoms with Gasteiger partial charge in [0.1, 0.15) is 5.75 Å². The molecule has 5 aromatic rings. The first-order valence-electron chi connectivity index (χ1n) is 9.61. The molecular weight excluding hydrogens is 396 g/mol. The zero-order valence-electron chi connectivity index (χ0n) is 16.3. The molecule has 0 atom stereocenters. The summed E-state index contributed by atoms with van der Waals surface area (Å²) in [5.74, 6) is 0.266. The molecule has 0 aliphatic rings. The Morgan fingerprint density at radius 2 is 1.23 bits per heavy atom. The number of aromatic amines is 2. The van der Waals surface area contributed by atoms with Crippen molar-refractivity contribution >= 4 is 31.9 Å². The summed E-state index contributed by atoms with van der Waals surface area (Å²) in [6.07, 6.45) is 5.15. The van der Waals surface area contributed by atoms with Crippen LogP contribution in [-0.4, -0.2) is 24.6 Å². The van der Waals surface area contributed by atoms with Gasteiger partial charge in [-0.05, 0) is 41.0 Å². The van der Waals surface area contributed by atoms with Crippen LogP contribution < -0.4 is 4.18 Å². The van der Waals surface area contributed by atoms with Crippen LogP contribution in [0.15, 0.2) is 85.2 Å². The van der Waals surface area contributed by atoms with E-state index >= 15 is 0 Å². The zero-order chi connectivity index (χ0) is 20.7. The highest BCUT2D eigenvalue weighted by Gasteiger charge is 2.23. The Labute approximate surface area is 174 Å². The number of hydrogen-bond acceptors (Lipinski definition) is 3. The average molecular weight is 417 g/mol. The van der Waals surface area contributed by atoms with Crippen LogP contribution in [0, 0.1) is 0 Å². The number of nitrogens with one attached hydrogen (secondary N) is 2. The van der Waals surface area contributed by atoms with Crippen molar-refractivity contribution in [3.05, 3.63) is 102 Å². The summed E-state index contributed by atoms with van der Waals surface area (Å²) < 4.78 is 27.9. The first-order valence-corrected chi connectivity index (χ1v) is 11.4. The van der Waals surface area contributed by atoms with E-state index < -0.39 is 10.1 Å². The molecule has 0 fully saturated rings. The summed E-state index contributed by atoms with van der Waals surface area (Å²) in [6.45, 7) is 0. The lowest BCUT2D eigenvalue weighted by molar-refractivity contribution is 0.493. The molecule has 0 saturated heterocycles. The maximum atomic E-state index is 11.5. The lowest BCUT2D eigenvalue weighted by Crippen LogP contribution is -2.06. The molecule has 0 bridgehead atoms. The van der Waals surface area contributed by atoms with Gasteiger partial charge in [0, 0.05) is 40.1 Å². The first-order chi connectivity index (χ1) is 14.5. The van der Waals surface area contributed by atoms with Crippen molar-refractivity contribution in [2.75, 3.05) is 6.26 Å². The molecule has 2 aromatic heterocycles. The van der Waals surface area contributed by atoms with E-state index in [-0.39, 0.29) is 5.92 Å². The number of fused-ring (bicyclic) bond motifs is 2. The average Bonchev–Trinajstić information content (AvgIpc) is 3.34. The van der Waals surface area contributed by atoms with Gasteiger partial charge in [0.2, 0.25) is 0 Å². The second kappa shape index (κ2) is 7.07. The second-order valence-corrected chi connectivity index (χ2v) is 8.94. The Hall–Kier alpha value is -3.51. The van der Waals surface area contributed by atoms with Crippen molar-refractivity contribution in [2.24, 2.45) is 0 Å². The topological polar surface area (TPSA) is 75.0 Å². The van der Waals surface area contributed by atoms with E-state index in [1.807, 2.05) is 36.4 Å². The highest BCUT2D eigenvalue weighted by molar-refractivity contribution is 7.86. The Balaban J connectivity index is 1.69. The minimum absolute atomic E-state index is 0.0374. The highest BCUT2D eigenvalue weighted by atomic mass is 32.2. The third-order valence-corrected chi connectivity index (χ3v) is 5.82. The predicted octanol–water partition coefficient (Wildman–Crippen LogP) is 5.17. The number of benzene rings is 3. The normalized spacial score (nSPS) is 12.1. The maximum absolute atomic E-state index is 11.5. The molecule has 0 unspecified atom stereocenters. The van der Waals surface area contributed by atoms with Gasteiger partial charge in [-0.1, -0.05) is 48.5 Å². The fourth-order valence-electron chi connectivity index (χ4n) is 4.08. The summed E-state index contributed by atoms with van der Waals surface area (Å²) in [5.41, 5.74) is 5.52. The van der Waals surface area contributed by atoms with Gasteiger partial charge in [0.05, 0.1) is 6.26 Å². The monoisotopic (exact) mass is 416 g/mol. The summed E-state index contributed by atoms with van der Waals surface area (Å²) in [7, 11) is -3.56. The summed E-state index contributed by atoms with van der Waals surface area (Å²) in [4.78, 5) is 6.75. The summed E-state index contributed by atoms with van der Waals surface area (Å²) >= 11 is 0. The fourth-order valence-corrected chi connectivity index (χ4v) is 4.54. The molecule has 2 heterocycles. The van der Waals surface area contributed by atoms with Crippen molar-refractivity contribution in [3.63, 3.8) is 0 Å². The number of hydrogen-bond donors (Lipinski definition) is 2. The second-order valence-electron chi connectivity index (χ2n) is 7.37. The molecule has 0 radical (unpaired) electrons. The number of rotatable bonds is 5. The van der Waals surface area contributed by atoms with Crippen LogP contribution in [0.5, 0.6) is 5.75 Å². The van der Waals surface area contributed by atoms with Crippen molar-refractivity contribution in [1.82, 2.24) is 9.97 Å². The third kappa shape index (κ3) is 3.35. The first kappa shape index (κ1) is 18.5. The third-order valence-electron chi connectivity index (χ3n) is 5.33. The largest absolute Gasteiger partial charge is 0.383 e. The Bertz CT molecular complexity index is 1370. The molecule has 0 aliphatic heterocycles. The molecule has 30 heavy (non-hydrogen) atoms. The van der Waals surface area contributed by atoms with E-state index in [1.54, 1.807) is 12.1 Å². The van der Waals surface area contributed by atoms with Gasteiger partial charge in [-0.2, -0.15) is 8.42 Å². The van der Waals surface area contributed by atoms with Crippen LogP contribution in [0.3, 0.4) is 0 Å². The molecule has 5 nitrogen and oxygen atoms in total. The van der Waals surface area contributed by atoms with Gasteiger partial charge >= 0.3 is 10.1 Å². The minimum Gasteiger partial charge on any atom is -0.383 e. The summed E-state index contributed by atoms with van der Waals surface area (Å²) in [6, 6.07) is 23.7. The van der Waals surface area contributed by atoms with E-state index in [9.17, 15) is 8.42 Å². The fraction of sp³-hybridized carbons (Fsp3) is 0.0833. The number of aromatic nitrogens is 2. The molecular formula is C24H20N2O3S. The van der Waals surface area contributed by atoms with Gasteiger partial charge in [-0.15, -0.1) is 0 Å².